The van der Waals surface area contributed by atoms with Crippen molar-refractivity contribution in [2.24, 2.45) is 0 Å². The van der Waals surface area contributed by atoms with Crippen molar-refractivity contribution in [1.29, 1.82) is 0 Å². The van der Waals surface area contributed by atoms with E-state index in [9.17, 15) is 22.4 Å². The minimum atomic E-state index is -4.51. The van der Waals surface area contributed by atoms with Crippen LogP contribution in [0.1, 0.15) is 11.1 Å². The fourth-order valence-electron chi connectivity index (χ4n) is 2.87. The van der Waals surface area contributed by atoms with Gasteiger partial charge in [0.1, 0.15) is 5.82 Å². The second kappa shape index (κ2) is 7.96. The van der Waals surface area contributed by atoms with Crippen LogP contribution in [0.2, 0.25) is 0 Å². The fraction of sp³-hybridized carbons (Fsp3) is 0.316. The summed E-state index contributed by atoms with van der Waals surface area (Å²) in [6, 6.07) is 8.68. The molecule has 0 atom stereocenters. The fourth-order valence-corrected chi connectivity index (χ4v) is 2.87. The zero-order valence-corrected chi connectivity index (χ0v) is 14.4. The minimum Gasteiger partial charge on any atom is -0.378 e. The van der Waals surface area contributed by atoms with Crippen LogP contribution in [0, 0.1) is 5.82 Å². The highest BCUT2D eigenvalue weighted by Crippen LogP contribution is 2.35. The van der Waals surface area contributed by atoms with E-state index in [1.165, 1.54) is 30.3 Å². The molecule has 0 bridgehead atoms. The first-order valence-corrected chi connectivity index (χ1v) is 8.41. The third kappa shape index (κ3) is 4.97. The molecule has 8 heteroatoms. The van der Waals surface area contributed by atoms with Gasteiger partial charge in [0.25, 0.3) is 0 Å². The maximum atomic E-state index is 13.1. The summed E-state index contributed by atoms with van der Waals surface area (Å²) in [6.07, 6.45) is -4.58. The van der Waals surface area contributed by atoms with Gasteiger partial charge in [-0.1, -0.05) is 12.1 Å². The summed E-state index contributed by atoms with van der Waals surface area (Å²) in [4.78, 5) is 14.2. The molecule has 1 aliphatic heterocycles. The Morgan fingerprint density at radius 2 is 1.74 bits per heavy atom. The van der Waals surface area contributed by atoms with Crippen LogP contribution in [0.4, 0.5) is 28.9 Å². The first-order valence-electron chi connectivity index (χ1n) is 8.41. The van der Waals surface area contributed by atoms with Gasteiger partial charge in [-0.15, -0.1) is 0 Å². The van der Waals surface area contributed by atoms with E-state index in [0.717, 1.165) is 12.1 Å². The number of hydrogen-bond acceptors (Lipinski definition) is 3. The molecule has 1 heterocycles. The Labute approximate surface area is 153 Å². The summed E-state index contributed by atoms with van der Waals surface area (Å²) >= 11 is 0. The molecule has 27 heavy (non-hydrogen) atoms. The van der Waals surface area contributed by atoms with Crippen molar-refractivity contribution in [3.63, 3.8) is 0 Å². The molecular weight excluding hydrogens is 364 g/mol. The number of nitrogens with one attached hydrogen (secondary N) is 1. The topological polar surface area (TPSA) is 41.6 Å². The van der Waals surface area contributed by atoms with Gasteiger partial charge in [0, 0.05) is 13.1 Å². The maximum absolute atomic E-state index is 13.1. The van der Waals surface area contributed by atoms with Crippen molar-refractivity contribution in [2.45, 2.75) is 12.6 Å². The second-order valence-corrected chi connectivity index (χ2v) is 6.18. The van der Waals surface area contributed by atoms with Gasteiger partial charge < -0.3 is 15.0 Å². The Kier molecular flexibility index (Phi) is 5.65. The first kappa shape index (κ1) is 19.2. The van der Waals surface area contributed by atoms with E-state index in [1.54, 1.807) is 0 Å². The van der Waals surface area contributed by atoms with Crippen molar-refractivity contribution in [1.82, 2.24) is 0 Å². The van der Waals surface area contributed by atoms with Gasteiger partial charge in [0.15, 0.2) is 0 Å². The van der Waals surface area contributed by atoms with E-state index in [4.69, 9.17) is 4.74 Å². The summed E-state index contributed by atoms with van der Waals surface area (Å²) in [5.41, 5.74) is 0.336. The number of ether oxygens (including phenoxy) is 1. The lowest BCUT2D eigenvalue weighted by molar-refractivity contribution is -0.137. The smallest absolute Gasteiger partial charge is 0.378 e. The Morgan fingerprint density at radius 3 is 2.37 bits per heavy atom. The molecule has 0 aliphatic carbocycles. The number of morpholine rings is 1. The zero-order valence-electron chi connectivity index (χ0n) is 14.4. The molecule has 2 aromatic carbocycles. The van der Waals surface area contributed by atoms with Crippen molar-refractivity contribution >= 4 is 17.3 Å². The van der Waals surface area contributed by atoms with E-state index in [2.05, 4.69) is 5.32 Å². The SMILES string of the molecule is O=C(Cc1ccc(F)cc1)Nc1cc(C(F)(F)F)ccc1N1CCOCC1. The lowest BCUT2D eigenvalue weighted by atomic mass is 10.1. The van der Waals surface area contributed by atoms with Crippen molar-refractivity contribution < 1.29 is 27.1 Å². The third-order valence-corrected chi connectivity index (χ3v) is 4.23. The highest BCUT2D eigenvalue weighted by molar-refractivity contribution is 5.95. The number of alkyl halides is 3. The summed E-state index contributed by atoms with van der Waals surface area (Å²) in [6.45, 7) is 1.96. The molecule has 0 saturated carbocycles. The van der Waals surface area contributed by atoms with Gasteiger partial charge in [0.2, 0.25) is 5.91 Å². The number of halogens is 4. The standard InChI is InChI=1S/C19H18F4N2O2/c20-15-4-1-13(2-5-15)11-18(26)24-16-12-14(19(21,22)23)3-6-17(16)25-7-9-27-10-8-25/h1-6,12H,7-11H2,(H,24,26). The average molecular weight is 382 g/mol. The number of nitrogens with zero attached hydrogens (tertiary/aromatic N) is 1. The number of benzene rings is 2. The number of amides is 1. The molecule has 4 nitrogen and oxygen atoms in total. The largest absolute Gasteiger partial charge is 0.416 e. The molecule has 3 rings (SSSR count). The van der Waals surface area contributed by atoms with Crippen molar-refractivity contribution in [3.05, 3.63) is 59.4 Å². The lowest BCUT2D eigenvalue weighted by Crippen LogP contribution is -2.37. The van der Waals surface area contributed by atoms with E-state index in [-0.39, 0.29) is 12.1 Å². The number of rotatable bonds is 4. The van der Waals surface area contributed by atoms with E-state index >= 15 is 0 Å². The van der Waals surface area contributed by atoms with Crippen LogP contribution in [0.15, 0.2) is 42.5 Å². The van der Waals surface area contributed by atoms with Gasteiger partial charge >= 0.3 is 6.18 Å². The van der Waals surface area contributed by atoms with Crippen molar-refractivity contribution in [2.75, 3.05) is 36.5 Å². The number of carbonyl (C=O) groups is 1. The van der Waals surface area contributed by atoms with Gasteiger partial charge in [-0.3, -0.25) is 4.79 Å². The quantitative estimate of drug-likeness (QED) is 0.817. The van der Waals surface area contributed by atoms with Crippen LogP contribution in [0.5, 0.6) is 0 Å². The van der Waals surface area contributed by atoms with E-state index < -0.39 is 23.5 Å². The molecule has 2 aromatic rings. The molecule has 0 aromatic heterocycles. The molecular formula is C19H18F4N2O2. The second-order valence-electron chi connectivity index (χ2n) is 6.18. The Morgan fingerprint density at radius 1 is 1.07 bits per heavy atom. The summed E-state index contributed by atoms with van der Waals surface area (Å²) < 4.78 is 57.5. The molecule has 1 N–H and O–H groups in total. The Hall–Kier alpha value is -2.61. The van der Waals surface area contributed by atoms with Gasteiger partial charge in [-0.2, -0.15) is 13.2 Å². The average Bonchev–Trinajstić information content (AvgIpc) is 2.63. The first-order chi connectivity index (χ1) is 12.8. The van der Waals surface area contributed by atoms with Gasteiger partial charge in [-0.25, -0.2) is 4.39 Å². The molecule has 1 aliphatic rings. The lowest BCUT2D eigenvalue weighted by Gasteiger charge is -2.31. The molecule has 0 unspecified atom stereocenters. The summed E-state index contributed by atoms with van der Waals surface area (Å²) in [5.74, 6) is -0.901. The van der Waals surface area contributed by atoms with Gasteiger partial charge in [-0.05, 0) is 35.9 Å². The predicted molar refractivity (Wildman–Crippen MR) is 93.2 cm³/mol. The molecule has 1 fully saturated rings. The maximum Gasteiger partial charge on any atom is 0.416 e. The Bertz CT molecular complexity index is 800. The van der Waals surface area contributed by atoms with Crippen LogP contribution in [0.25, 0.3) is 0 Å². The molecule has 1 amide bonds. The van der Waals surface area contributed by atoms with Crippen LogP contribution in [0.3, 0.4) is 0 Å². The molecule has 0 radical (unpaired) electrons. The van der Waals surface area contributed by atoms with E-state index in [0.29, 0.717) is 37.6 Å². The number of carbonyl (C=O) groups excluding carboxylic acids is 1. The number of anilines is 2. The number of hydrogen-bond donors (Lipinski definition) is 1. The highest BCUT2D eigenvalue weighted by atomic mass is 19.4. The van der Waals surface area contributed by atoms with Gasteiger partial charge in [0.05, 0.1) is 36.6 Å². The minimum absolute atomic E-state index is 0.0704. The normalized spacial score (nSPS) is 14.9. The third-order valence-electron chi connectivity index (χ3n) is 4.23. The highest BCUT2D eigenvalue weighted by Gasteiger charge is 2.31. The van der Waals surface area contributed by atoms with Crippen molar-refractivity contribution in [3.8, 4) is 0 Å². The monoisotopic (exact) mass is 382 g/mol. The molecule has 0 spiro atoms. The van der Waals surface area contributed by atoms with Crippen LogP contribution in [-0.4, -0.2) is 32.2 Å². The molecule has 1 saturated heterocycles. The van der Waals surface area contributed by atoms with Crippen LogP contribution in [-0.2, 0) is 22.1 Å². The summed E-state index contributed by atoms with van der Waals surface area (Å²) in [5, 5.41) is 2.57. The van der Waals surface area contributed by atoms with E-state index in [1.807, 2.05) is 4.90 Å². The summed E-state index contributed by atoms with van der Waals surface area (Å²) in [7, 11) is 0. The van der Waals surface area contributed by atoms with Crippen LogP contribution < -0.4 is 10.2 Å². The zero-order chi connectivity index (χ0) is 19.4. The molecule has 144 valence electrons. The van der Waals surface area contributed by atoms with Crippen LogP contribution >= 0.6 is 0 Å². The Balaban J connectivity index is 1.83. The predicted octanol–water partition coefficient (Wildman–Crippen LogP) is 3.86.